The Balaban J connectivity index is 2.00. The van der Waals surface area contributed by atoms with Gasteiger partial charge in [-0.2, -0.15) is 9.78 Å². The van der Waals surface area contributed by atoms with Crippen molar-refractivity contribution in [3.05, 3.63) is 87.2 Å². The van der Waals surface area contributed by atoms with E-state index in [1.54, 1.807) is 6.07 Å². The highest BCUT2D eigenvalue weighted by Crippen LogP contribution is 2.26. The fraction of sp³-hybridized carbons (Fsp3) is 0.0952. The Bertz CT molecular complexity index is 1280. The molecule has 2 aromatic rings. The number of hydrogen-bond acceptors (Lipinski definition) is 4. The van der Waals surface area contributed by atoms with Crippen LogP contribution in [-0.4, -0.2) is 27.4 Å². The van der Waals surface area contributed by atoms with E-state index in [0.717, 1.165) is 5.56 Å². The molecule has 0 unspecified atom stereocenters. The molecular formula is C21H15ClFN3O3. The van der Waals surface area contributed by atoms with Gasteiger partial charge in [0.2, 0.25) is 0 Å². The van der Waals surface area contributed by atoms with E-state index in [1.807, 2.05) is 25.1 Å². The second-order valence-electron chi connectivity index (χ2n) is 6.49. The molecule has 29 heavy (non-hydrogen) atoms. The zero-order valence-electron chi connectivity index (χ0n) is 15.5. The summed E-state index contributed by atoms with van der Waals surface area (Å²) in [6, 6.07) is 11.4. The van der Waals surface area contributed by atoms with Gasteiger partial charge in [-0.25, -0.2) is 9.18 Å². The number of esters is 1. The summed E-state index contributed by atoms with van der Waals surface area (Å²) in [6.45, 7) is 1.91. The summed E-state index contributed by atoms with van der Waals surface area (Å²) < 4.78 is 21.2. The molecule has 2 heterocycles. The average molecular weight is 412 g/mol. The number of carbonyl (C=O) groups is 1. The molecule has 4 rings (SSSR count). The first-order chi connectivity index (χ1) is 13.9. The highest BCUT2D eigenvalue weighted by atomic mass is 35.5. The molecule has 8 heteroatoms. The molecule has 0 spiro atoms. The second-order valence-corrected chi connectivity index (χ2v) is 6.89. The molecule has 2 aliphatic heterocycles. The summed E-state index contributed by atoms with van der Waals surface area (Å²) in [5.74, 6) is -1.21. The molecule has 0 radical (unpaired) electrons. The standard InChI is InChI=1S/C21H15ClFN3O3/c1-12-4-3-5-14(8-12)26-20(27)15-10-25(13-6-7-18(23)17(22)9-13)11-16(19(15)24-26)21(28)29-2/h3-11H,1-2H3. The van der Waals surface area contributed by atoms with E-state index in [1.165, 1.54) is 47.0 Å². The molecule has 6 nitrogen and oxygen atoms in total. The number of fused-ring (bicyclic) bond motifs is 1. The summed E-state index contributed by atoms with van der Waals surface area (Å²) in [6.07, 6.45) is 3.01. The van der Waals surface area contributed by atoms with Crippen LogP contribution in [0.4, 0.5) is 4.39 Å². The van der Waals surface area contributed by atoms with Crippen LogP contribution < -0.4 is 5.56 Å². The Labute approximate surface area is 170 Å². The minimum atomic E-state index is -0.647. The summed E-state index contributed by atoms with van der Waals surface area (Å²) in [5, 5.41) is 4.29. The van der Waals surface area contributed by atoms with Crippen LogP contribution in [-0.2, 0) is 4.74 Å². The number of hydrogen-bond donors (Lipinski definition) is 0. The number of carbonyl (C=O) groups excluding carboxylic acids is 1. The topological polar surface area (TPSA) is 66.1 Å². The third kappa shape index (κ3) is 3.30. The smallest absolute Gasteiger partial charge is 0.341 e. The van der Waals surface area contributed by atoms with Crippen LogP contribution in [0.3, 0.4) is 0 Å². The molecule has 2 aromatic carbocycles. The second kappa shape index (κ2) is 7.18. The lowest BCUT2D eigenvalue weighted by Gasteiger charge is -2.12. The minimum absolute atomic E-state index is 0.0764. The molecule has 0 bridgehead atoms. The average Bonchev–Trinajstić information content (AvgIpc) is 3.05. The lowest BCUT2D eigenvalue weighted by molar-refractivity contribution is 0.0600. The lowest BCUT2D eigenvalue weighted by Crippen LogP contribution is -2.15. The van der Waals surface area contributed by atoms with Gasteiger partial charge >= 0.3 is 5.97 Å². The van der Waals surface area contributed by atoms with Crippen molar-refractivity contribution in [2.45, 2.75) is 6.92 Å². The predicted octanol–water partition coefficient (Wildman–Crippen LogP) is 4.02. The molecule has 0 saturated heterocycles. The summed E-state index contributed by atoms with van der Waals surface area (Å²) >= 11 is 5.88. The van der Waals surface area contributed by atoms with Crippen molar-refractivity contribution < 1.29 is 13.9 Å². The van der Waals surface area contributed by atoms with Crippen LogP contribution in [0.2, 0.25) is 5.02 Å². The zero-order valence-corrected chi connectivity index (χ0v) is 16.3. The Morgan fingerprint density at radius 3 is 2.62 bits per heavy atom. The quantitative estimate of drug-likeness (QED) is 0.478. The van der Waals surface area contributed by atoms with Gasteiger partial charge in [-0.3, -0.25) is 4.79 Å². The van der Waals surface area contributed by atoms with E-state index in [2.05, 4.69) is 5.10 Å². The first-order valence-corrected chi connectivity index (χ1v) is 9.02. The van der Waals surface area contributed by atoms with Gasteiger partial charge in [0.25, 0.3) is 5.56 Å². The Hall–Kier alpha value is -3.45. The Kier molecular flexibility index (Phi) is 4.68. The van der Waals surface area contributed by atoms with Crippen LogP contribution in [0.1, 0.15) is 15.9 Å². The lowest BCUT2D eigenvalue weighted by atomic mass is 10.1. The van der Waals surface area contributed by atoms with Crippen molar-refractivity contribution in [3.63, 3.8) is 0 Å². The van der Waals surface area contributed by atoms with E-state index in [9.17, 15) is 14.0 Å². The number of benzene rings is 2. The first kappa shape index (κ1) is 18.9. The summed E-state index contributed by atoms with van der Waals surface area (Å²) in [5.41, 5.74) is 2.17. The highest BCUT2D eigenvalue weighted by molar-refractivity contribution is 6.30. The van der Waals surface area contributed by atoms with Gasteiger partial charge in [0, 0.05) is 18.1 Å². The van der Waals surface area contributed by atoms with Crippen LogP contribution in [0, 0.1) is 12.7 Å². The SMILES string of the molecule is COC(=O)c1cn(-c2ccc(F)c(Cl)c2)cc2c(=O)n(-c3cccc(C)c3)nc1-2. The Morgan fingerprint density at radius 1 is 1.14 bits per heavy atom. The van der Waals surface area contributed by atoms with Crippen molar-refractivity contribution in [3.8, 4) is 22.6 Å². The van der Waals surface area contributed by atoms with Crippen LogP contribution in [0.15, 0.2) is 59.7 Å². The maximum absolute atomic E-state index is 13.5. The largest absolute Gasteiger partial charge is 0.465 e. The maximum atomic E-state index is 13.5. The van der Waals surface area contributed by atoms with Gasteiger partial charge in [0.05, 0.1) is 23.4 Å². The van der Waals surface area contributed by atoms with Crippen molar-refractivity contribution >= 4 is 17.6 Å². The predicted molar refractivity (Wildman–Crippen MR) is 107 cm³/mol. The molecular weight excluding hydrogens is 397 g/mol. The van der Waals surface area contributed by atoms with E-state index in [4.69, 9.17) is 16.3 Å². The van der Waals surface area contributed by atoms with Gasteiger partial charge < -0.3 is 9.30 Å². The van der Waals surface area contributed by atoms with E-state index in [-0.39, 0.29) is 21.8 Å². The van der Waals surface area contributed by atoms with Crippen LogP contribution in [0.5, 0.6) is 0 Å². The van der Waals surface area contributed by atoms with Gasteiger partial charge in [0.1, 0.15) is 17.1 Å². The highest BCUT2D eigenvalue weighted by Gasteiger charge is 2.25. The molecule has 0 aliphatic carbocycles. The number of methoxy groups -OCH3 is 1. The van der Waals surface area contributed by atoms with E-state index in [0.29, 0.717) is 11.4 Å². The van der Waals surface area contributed by atoms with Crippen molar-refractivity contribution in [2.24, 2.45) is 0 Å². The van der Waals surface area contributed by atoms with Gasteiger partial charge in [-0.05, 0) is 42.8 Å². The molecule has 0 fully saturated rings. The molecule has 0 N–H and O–H groups in total. The number of rotatable bonds is 3. The summed E-state index contributed by atoms with van der Waals surface area (Å²) in [7, 11) is 1.25. The first-order valence-electron chi connectivity index (χ1n) is 8.65. The van der Waals surface area contributed by atoms with E-state index < -0.39 is 17.3 Å². The maximum Gasteiger partial charge on any atom is 0.341 e. The normalized spacial score (nSPS) is 11.0. The molecule has 0 amide bonds. The fourth-order valence-corrected chi connectivity index (χ4v) is 3.27. The number of ether oxygens (including phenoxy) is 1. The molecule has 0 saturated carbocycles. The van der Waals surface area contributed by atoms with Crippen LogP contribution in [0.25, 0.3) is 22.6 Å². The van der Waals surface area contributed by atoms with Gasteiger partial charge in [-0.1, -0.05) is 23.7 Å². The molecule has 0 aromatic heterocycles. The third-order valence-corrected chi connectivity index (χ3v) is 4.81. The van der Waals surface area contributed by atoms with Crippen molar-refractivity contribution in [1.82, 2.24) is 14.3 Å². The molecule has 0 atom stereocenters. The Morgan fingerprint density at radius 2 is 1.93 bits per heavy atom. The molecule has 146 valence electrons. The zero-order chi connectivity index (χ0) is 20.7. The fourth-order valence-electron chi connectivity index (χ4n) is 3.10. The number of halogens is 2. The van der Waals surface area contributed by atoms with Crippen LogP contribution >= 0.6 is 11.6 Å². The number of pyridine rings is 1. The number of aryl methyl sites for hydroxylation is 1. The molecule has 2 aliphatic rings. The van der Waals surface area contributed by atoms with Crippen molar-refractivity contribution in [1.29, 1.82) is 0 Å². The number of nitrogens with zero attached hydrogens (tertiary/aromatic N) is 3. The number of aromatic nitrogens is 3. The third-order valence-electron chi connectivity index (χ3n) is 4.52. The minimum Gasteiger partial charge on any atom is -0.465 e. The van der Waals surface area contributed by atoms with Crippen molar-refractivity contribution in [2.75, 3.05) is 7.11 Å². The monoisotopic (exact) mass is 411 g/mol. The van der Waals surface area contributed by atoms with Gasteiger partial charge in [-0.15, -0.1) is 0 Å². The van der Waals surface area contributed by atoms with Gasteiger partial charge in [0.15, 0.2) is 0 Å². The summed E-state index contributed by atoms with van der Waals surface area (Å²) in [4.78, 5) is 25.4. The van der Waals surface area contributed by atoms with E-state index >= 15 is 0 Å².